The average molecular weight is 281 g/mol. The fourth-order valence-corrected chi connectivity index (χ4v) is 2.58. The van der Waals surface area contributed by atoms with E-state index in [2.05, 4.69) is 16.0 Å². The lowest BCUT2D eigenvalue weighted by Crippen LogP contribution is -1.85. The summed E-state index contributed by atoms with van der Waals surface area (Å²) in [5.74, 6) is -0.368. The minimum absolute atomic E-state index is 0.368. The molecule has 3 aromatic rings. The van der Waals surface area contributed by atoms with E-state index < -0.39 is 0 Å². The van der Waals surface area contributed by atoms with Gasteiger partial charge in [-0.15, -0.1) is 11.3 Å². The van der Waals surface area contributed by atoms with E-state index in [0.29, 0.717) is 11.3 Å². The van der Waals surface area contributed by atoms with Crippen LogP contribution in [0.2, 0.25) is 0 Å². The fraction of sp³-hybridized carbons (Fsp3) is 0. The number of nitrogens with zero attached hydrogens (tertiary/aromatic N) is 3. The minimum Gasteiger partial charge on any atom is -0.251 e. The number of benzene rings is 1. The van der Waals surface area contributed by atoms with Crippen LogP contribution in [0.1, 0.15) is 5.56 Å². The first-order chi connectivity index (χ1) is 9.76. The molecular formula is C15H8FN3S. The van der Waals surface area contributed by atoms with Crippen LogP contribution in [0.3, 0.4) is 0 Å². The second-order valence-electron chi connectivity index (χ2n) is 4.09. The van der Waals surface area contributed by atoms with E-state index in [1.54, 1.807) is 18.2 Å². The van der Waals surface area contributed by atoms with Gasteiger partial charge in [0.15, 0.2) is 0 Å². The van der Waals surface area contributed by atoms with Crippen LogP contribution in [0.15, 0.2) is 48.0 Å². The van der Waals surface area contributed by atoms with Crippen molar-refractivity contribution in [2.24, 2.45) is 0 Å². The molecule has 0 amide bonds. The SMILES string of the molecule is N#Cc1cccc(-c2csc(-c3ccc(F)cn3)n2)c1. The Labute approximate surface area is 119 Å². The summed E-state index contributed by atoms with van der Waals surface area (Å²) < 4.78 is 12.8. The van der Waals surface area contributed by atoms with E-state index in [1.807, 2.05) is 17.5 Å². The summed E-state index contributed by atoms with van der Waals surface area (Å²) in [6.07, 6.45) is 1.17. The summed E-state index contributed by atoms with van der Waals surface area (Å²) in [4.78, 5) is 8.49. The second kappa shape index (κ2) is 5.19. The predicted molar refractivity (Wildman–Crippen MR) is 75.5 cm³/mol. The van der Waals surface area contributed by atoms with Gasteiger partial charge in [0.2, 0.25) is 0 Å². The molecule has 1 aromatic carbocycles. The highest BCUT2D eigenvalue weighted by Gasteiger charge is 2.08. The van der Waals surface area contributed by atoms with Crippen LogP contribution in [0.4, 0.5) is 4.39 Å². The van der Waals surface area contributed by atoms with Gasteiger partial charge in [-0.1, -0.05) is 12.1 Å². The van der Waals surface area contributed by atoms with Gasteiger partial charge in [0, 0.05) is 10.9 Å². The van der Waals surface area contributed by atoms with Crippen molar-refractivity contribution in [3.8, 4) is 28.0 Å². The molecule has 20 heavy (non-hydrogen) atoms. The van der Waals surface area contributed by atoms with Crippen LogP contribution in [0.25, 0.3) is 22.0 Å². The zero-order chi connectivity index (χ0) is 13.9. The molecule has 0 atom stereocenters. The maximum absolute atomic E-state index is 12.8. The molecule has 0 N–H and O–H groups in total. The maximum atomic E-state index is 12.8. The molecular weight excluding hydrogens is 273 g/mol. The summed E-state index contributed by atoms with van der Waals surface area (Å²) >= 11 is 1.44. The molecule has 3 nitrogen and oxygen atoms in total. The first-order valence-electron chi connectivity index (χ1n) is 5.84. The number of pyridine rings is 1. The fourth-order valence-electron chi connectivity index (χ4n) is 1.77. The van der Waals surface area contributed by atoms with Crippen LogP contribution < -0.4 is 0 Å². The molecule has 2 aromatic heterocycles. The normalized spacial score (nSPS) is 10.2. The Hall–Kier alpha value is -2.58. The topological polar surface area (TPSA) is 49.6 Å². The highest BCUT2D eigenvalue weighted by atomic mass is 32.1. The van der Waals surface area contributed by atoms with Gasteiger partial charge >= 0.3 is 0 Å². The maximum Gasteiger partial charge on any atom is 0.142 e. The van der Waals surface area contributed by atoms with Crippen LogP contribution in [0.5, 0.6) is 0 Å². The van der Waals surface area contributed by atoms with E-state index in [0.717, 1.165) is 16.3 Å². The third-order valence-corrected chi connectivity index (χ3v) is 3.60. The van der Waals surface area contributed by atoms with Gasteiger partial charge in [-0.2, -0.15) is 5.26 Å². The molecule has 5 heteroatoms. The molecule has 0 aliphatic rings. The number of nitriles is 1. The lowest BCUT2D eigenvalue weighted by atomic mass is 10.1. The monoisotopic (exact) mass is 281 g/mol. The third kappa shape index (κ3) is 2.42. The van der Waals surface area contributed by atoms with E-state index in [9.17, 15) is 4.39 Å². The number of thiazole rings is 1. The quantitative estimate of drug-likeness (QED) is 0.716. The highest BCUT2D eigenvalue weighted by molar-refractivity contribution is 7.13. The molecule has 0 fully saturated rings. The Balaban J connectivity index is 1.97. The van der Waals surface area contributed by atoms with Crippen molar-refractivity contribution in [3.05, 3.63) is 59.4 Å². The van der Waals surface area contributed by atoms with E-state index in [-0.39, 0.29) is 5.82 Å². The van der Waals surface area contributed by atoms with Crippen molar-refractivity contribution >= 4 is 11.3 Å². The van der Waals surface area contributed by atoms with Gasteiger partial charge in [0.1, 0.15) is 10.8 Å². The van der Waals surface area contributed by atoms with Crippen LogP contribution in [-0.2, 0) is 0 Å². The summed E-state index contributed by atoms with van der Waals surface area (Å²) in [7, 11) is 0. The smallest absolute Gasteiger partial charge is 0.142 e. The molecule has 96 valence electrons. The summed E-state index contributed by atoms with van der Waals surface area (Å²) in [5.41, 5.74) is 2.90. The van der Waals surface area contributed by atoms with Crippen molar-refractivity contribution in [1.82, 2.24) is 9.97 Å². The Morgan fingerprint density at radius 1 is 1.15 bits per heavy atom. The van der Waals surface area contributed by atoms with Crippen LogP contribution in [-0.4, -0.2) is 9.97 Å². The Morgan fingerprint density at radius 3 is 2.80 bits per heavy atom. The molecule has 0 aliphatic carbocycles. The van der Waals surface area contributed by atoms with Gasteiger partial charge in [-0.25, -0.2) is 9.37 Å². The standard InChI is InChI=1S/C15H8FN3S/c16-12-4-5-13(18-8-12)15-19-14(9-20-15)11-3-1-2-10(6-11)7-17/h1-6,8-9H. The summed E-state index contributed by atoms with van der Waals surface area (Å²) in [5, 5.41) is 11.5. The molecule has 0 aliphatic heterocycles. The number of hydrogen-bond acceptors (Lipinski definition) is 4. The van der Waals surface area contributed by atoms with Gasteiger partial charge in [-0.05, 0) is 24.3 Å². The van der Waals surface area contributed by atoms with Gasteiger partial charge in [0.05, 0.1) is 29.2 Å². The van der Waals surface area contributed by atoms with Crippen molar-refractivity contribution < 1.29 is 4.39 Å². The molecule has 0 radical (unpaired) electrons. The molecule has 0 unspecified atom stereocenters. The molecule has 0 saturated heterocycles. The first-order valence-corrected chi connectivity index (χ1v) is 6.72. The van der Waals surface area contributed by atoms with Crippen molar-refractivity contribution in [3.63, 3.8) is 0 Å². The Bertz CT molecular complexity index is 787. The first kappa shape index (κ1) is 12.5. The molecule has 0 bridgehead atoms. The number of rotatable bonds is 2. The van der Waals surface area contributed by atoms with Gasteiger partial charge in [-0.3, -0.25) is 4.98 Å². The molecule has 0 spiro atoms. The molecule has 2 heterocycles. The molecule has 3 rings (SSSR count). The van der Waals surface area contributed by atoms with Crippen LogP contribution in [0, 0.1) is 17.1 Å². The number of aromatic nitrogens is 2. The number of halogens is 1. The van der Waals surface area contributed by atoms with Crippen molar-refractivity contribution in [2.75, 3.05) is 0 Å². The summed E-state index contributed by atoms with van der Waals surface area (Å²) in [6.45, 7) is 0. The lowest BCUT2D eigenvalue weighted by Gasteiger charge is -1.97. The Morgan fingerprint density at radius 2 is 2.05 bits per heavy atom. The minimum atomic E-state index is -0.368. The average Bonchev–Trinajstić information content (AvgIpc) is 2.98. The van der Waals surface area contributed by atoms with E-state index >= 15 is 0 Å². The van der Waals surface area contributed by atoms with Crippen LogP contribution >= 0.6 is 11.3 Å². The van der Waals surface area contributed by atoms with E-state index in [4.69, 9.17) is 5.26 Å². The van der Waals surface area contributed by atoms with Gasteiger partial charge in [0.25, 0.3) is 0 Å². The lowest BCUT2D eigenvalue weighted by molar-refractivity contribution is 0.622. The van der Waals surface area contributed by atoms with Crippen molar-refractivity contribution in [1.29, 1.82) is 5.26 Å². The molecule has 0 saturated carbocycles. The third-order valence-electron chi connectivity index (χ3n) is 2.74. The second-order valence-corrected chi connectivity index (χ2v) is 4.95. The summed E-state index contributed by atoms with van der Waals surface area (Å²) in [6, 6.07) is 12.3. The predicted octanol–water partition coefficient (Wildman–Crippen LogP) is 3.88. The largest absolute Gasteiger partial charge is 0.251 e. The van der Waals surface area contributed by atoms with Gasteiger partial charge < -0.3 is 0 Å². The number of hydrogen-bond donors (Lipinski definition) is 0. The zero-order valence-electron chi connectivity index (χ0n) is 10.2. The van der Waals surface area contributed by atoms with Crippen molar-refractivity contribution in [2.45, 2.75) is 0 Å². The Kier molecular flexibility index (Phi) is 3.23. The highest BCUT2D eigenvalue weighted by Crippen LogP contribution is 2.28. The van der Waals surface area contributed by atoms with E-state index in [1.165, 1.54) is 23.6 Å². The zero-order valence-corrected chi connectivity index (χ0v) is 11.1.